The number of rotatable bonds is 6. The fourth-order valence-electron chi connectivity index (χ4n) is 3.04. The SMILES string of the molecule is CC(C)CC(C)OC(=O)CC1(CN)CCCCC1. The van der Waals surface area contributed by atoms with E-state index < -0.39 is 0 Å². The van der Waals surface area contributed by atoms with Crippen LogP contribution in [0, 0.1) is 11.3 Å². The van der Waals surface area contributed by atoms with E-state index in [2.05, 4.69) is 13.8 Å². The lowest BCUT2D eigenvalue weighted by molar-refractivity contribution is -0.152. The minimum atomic E-state index is -0.0597. The Balaban J connectivity index is 2.42. The van der Waals surface area contributed by atoms with Crippen LogP contribution in [0.25, 0.3) is 0 Å². The normalized spacial score (nSPS) is 20.7. The molecule has 1 atom stereocenters. The maximum atomic E-state index is 12.0. The standard InChI is InChI=1S/C15H29NO2/c1-12(2)9-13(3)18-14(17)10-15(11-16)7-5-4-6-8-15/h12-13H,4-11,16H2,1-3H3. The first-order valence-corrected chi connectivity index (χ1v) is 7.37. The summed E-state index contributed by atoms with van der Waals surface area (Å²) in [5.74, 6) is 0.501. The third kappa shape index (κ3) is 4.97. The Hall–Kier alpha value is -0.570. The molecule has 0 bridgehead atoms. The molecule has 3 nitrogen and oxygen atoms in total. The van der Waals surface area contributed by atoms with E-state index in [-0.39, 0.29) is 17.5 Å². The summed E-state index contributed by atoms with van der Waals surface area (Å²) in [5.41, 5.74) is 5.91. The lowest BCUT2D eigenvalue weighted by Crippen LogP contribution is -2.36. The van der Waals surface area contributed by atoms with Crippen LogP contribution >= 0.6 is 0 Å². The van der Waals surface area contributed by atoms with Crippen molar-refractivity contribution in [1.29, 1.82) is 0 Å². The second-order valence-corrected chi connectivity index (χ2v) is 6.37. The number of hydrogen-bond donors (Lipinski definition) is 1. The third-order valence-electron chi connectivity index (χ3n) is 4.00. The molecule has 106 valence electrons. The summed E-state index contributed by atoms with van der Waals surface area (Å²) in [6.45, 7) is 6.88. The molecule has 1 saturated carbocycles. The summed E-state index contributed by atoms with van der Waals surface area (Å²) in [4.78, 5) is 12.0. The van der Waals surface area contributed by atoms with Gasteiger partial charge >= 0.3 is 5.97 Å². The maximum Gasteiger partial charge on any atom is 0.306 e. The predicted octanol–water partition coefficient (Wildman–Crippen LogP) is 3.26. The molecular formula is C15H29NO2. The van der Waals surface area contributed by atoms with Gasteiger partial charge in [0.1, 0.15) is 0 Å². The molecule has 1 aliphatic carbocycles. The van der Waals surface area contributed by atoms with Crippen molar-refractivity contribution in [2.45, 2.75) is 71.8 Å². The van der Waals surface area contributed by atoms with E-state index in [9.17, 15) is 4.79 Å². The van der Waals surface area contributed by atoms with Gasteiger partial charge in [-0.1, -0.05) is 33.1 Å². The topological polar surface area (TPSA) is 52.3 Å². The Morgan fingerprint density at radius 2 is 1.83 bits per heavy atom. The molecule has 3 heteroatoms. The van der Waals surface area contributed by atoms with E-state index in [0.717, 1.165) is 19.3 Å². The summed E-state index contributed by atoms with van der Waals surface area (Å²) < 4.78 is 5.50. The Bertz CT molecular complexity index is 257. The number of hydrogen-bond acceptors (Lipinski definition) is 3. The van der Waals surface area contributed by atoms with Crippen LogP contribution in [0.1, 0.15) is 65.7 Å². The first kappa shape index (κ1) is 15.5. The highest BCUT2D eigenvalue weighted by molar-refractivity contribution is 5.70. The number of nitrogens with two attached hydrogens (primary N) is 1. The van der Waals surface area contributed by atoms with E-state index >= 15 is 0 Å². The summed E-state index contributed by atoms with van der Waals surface area (Å²) in [6, 6.07) is 0. The van der Waals surface area contributed by atoms with Gasteiger partial charge in [0.15, 0.2) is 0 Å². The highest BCUT2D eigenvalue weighted by Crippen LogP contribution is 2.38. The second-order valence-electron chi connectivity index (χ2n) is 6.37. The van der Waals surface area contributed by atoms with Crippen LogP contribution < -0.4 is 5.73 Å². The Labute approximate surface area is 111 Å². The zero-order chi connectivity index (χ0) is 13.6. The van der Waals surface area contributed by atoms with Crippen molar-refractivity contribution in [3.05, 3.63) is 0 Å². The zero-order valence-corrected chi connectivity index (χ0v) is 12.2. The first-order valence-electron chi connectivity index (χ1n) is 7.37. The number of esters is 1. The number of carbonyl (C=O) groups is 1. The van der Waals surface area contributed by atoms with Crippen molar-refractivity contribution >= 4 is 5.97 Å². The summed E-state index contributed by atoms with van der Waals surface area (Å²) in [6.07, 6.45) is 7.30. The summed E-state index contributed by atoms with van der Waals surface area (Å²) >= 11 is 0. The minimum Gasteiger partial charge on any atom is -0.463 e. The molecule has 0 aromatic carbocycles. The predicted molar refractivity (Wildman–Crippen MR) is 74.2 cm³/mol. The number of carbonyl (C=O) groups excluding carboxylic acids is 1. The molecule has 0 radical (unpaired) electrons. The largest absolute Gasteiger partial charge is 0.463 e. The molecule has 0 spiro atoms. The molecule has 1 rings (SSSR count). The van der Waals surface area contributed by atoms with Gasteiger partial charge in [-0.3, -0.25) is 4.79 Å². The molecule has 0 amide bonds. The Morgan fingerprint density at radius 1 is 1.22 bits per heavy atom. The molecular weight excluding hydrogens is 226 g/mol. The lowest BCUT2D eigenvalue weighted by atomic mass is 9.72. The molecule has 1 unspecified atom stereocenters. The lowest BCUT2D eigenvalue weighted by Gasteiger charge is -2.35. The van der Waals surface area contributed by atoms with Crippen molar-refractivity contribution < 1.29 is 9.53 Å². The first-order chi connectivity index (χ1) is 8.47. The van der Waals surface area contributed by atoms with Crippen molar-refractivity contribution in [1.82, 2.24) is 0 Å². The van der Waals surface area contributed by atoms with Crippen LogP contribution in [0.3, 0.4) is 0 Å². The quantitative estimate of drug-likeness (QED) is 0.741. The highest BCUT2D eigenvalue weighted by atomic mass is 16.5. The van der Waals surface area contributed by atoms with Crippen LogP contribution in [0.5, 0.6) is 0 Å². The molecule has 18 heavy (non-hydrogen) atoms. The number of ether oxygens (including phenoxy) is 1. The third-order valence-corrected chi connectivity index (χ3v) is 4.00. The maximum absolute atomic E-state index is 12.0. The van der Waals surface area contributed by atoms with Crippen molar-refractivity contribution in [2.24, 2.45) is 17.1 Å². The monoisotopic (exact) mass is 255 g/mol. The van der Waals surface area contributed by atoms with Crippen molar-refractivity contribution in [2.75, 3.05) is 6.54 Å². The fraction of sp³-hybridized carbons (Fsp3) is 0.933. The van der Waals surface area contributed by atoms with Crippen LogP contribution in [0.2, 0.25) is 0 Å². The zero-order valence-electron chi connectivity index (χ0n) is 12.2. The molecule has 0 saturated heterocycles. The second kappa shape index (κ2) is 7.13. The Kier molecular flexibility index (Phi) is 6.13. The van der Waals surface area contributed by atoms with E-state index in [1.165, 1.54) is 19.3 Å². The van der Waals surface area contributed by atoms with Gasteiger partial charge in [0, 0.05) is 0 Å². The van der Waals surface area contributed by atoms with E-state index in [1.54, 1.807) is 0 Å². The van der Waals surface area contributed by atoms with Gasteiger partial charge in [-0.05, 0) is 44.1 Å². The summed E-state index contributed by atoms with van der Waals surface area (Å²) in [5, 5.41) is 0. The molecule has 0 heterocycles. The van der Waals surface area contributed by atoms with Crippen LogP contribution in [-0.4, -0.2) is 18.6 Å². The van der Waals surface area contributed by atoms with Crippen LogP contribution in [0.15, 0.2) is 0 Å². The minimum absolute atomic E-state index is 0.0207. The van der Waals surface area contributed by atoms with Gasteiger partial charge in [0.05, 0.1) is 12.5 Å². The highest BCUT2D eigenvalue weighted by Gasteiger charge is 2.33. The molecule has 0 aliphatic heterocycles. The molecule has 2 N–H and O–H groups in total. The van der Waals surface area contributed by atoms with Crippen LogP contribution in [0.4, 0.5) is 0 Å². The molecule has 0 aromatic rings. The van der Waals surface area contributed by atoms with Crippen LogP contribution in [-0.2, 0) is 9.53 Å². The van der Waals surface area contributed by atoms with E-state index in [0.29, 0.717) is 18.9 Å². The van der Waals surface area contributed by atoms with Crippen molar-refractivity contribution in [3.63, 3.8) is 0 Å². The van der Waals surface area contributed by atoms with Gasteiger partial charge in [0.25, 0.3) is 0 Å². The van der Waals surface area contributed by atoms with E-state index in [4.69, 9.17) is 10.5 Å². The Morgan fingerprint density at radius 3 is 2.33 bits per heavy atom. The van der Waals surface area contributed by atoms with Crippen molar-refractivity contribution in [3.8, 4) is 0 Å². The van der Waals surface area contributed by atoms with Gasteiger partial charge in [-0.2, -0.15) is 0 Å². The average molecular weight is 255 g/mol. The molecule has 1 aliphatic rings. The van der Waals surface area contributed by atoms with E-state index in [1.807, 2.05) is 6.92 Å². The average Bonchev–Trinajstić information content (AvgIpc) is 2.28. The van der Waals surface area contributed by atoms with Gasteiger partial charge < -0.3 is 10.5 Å². The summed E-state index contributed by atoms with van der Waals surface area (Å²) in [7, 11) is 0. The molecule has 0 aromatic heterocycles. The molecule has 1 fully saturated rings. The van der Waals surface area contributed by atoms with Gasteiger partial charge in [-0.15, -0.1) is 0 Å². The van der Waals surface area contributed by atoms with Gasteiger partial charge in [-0.25, -0.2) is 0 Å². The smallest absolute Gasteiger partial charge is 0.306 e. The fourth-order valence-corrected chi connectivity index (χ4v) is 3.04. The van der Waals surface area contributed by atoms with Gasteiger partial charge in [0.2, 0.25) is 0 Å².